The lowest BCUT2D eigenvalue weighted by atomic mass is 10.0. The number of hydrogen-bond acceptors (Lipinski definition) is 3. The van der Waals surface area contributed by atoms with Crippen molar-refractivity contribution in [2.45, 2.75) is 6.42 Å². The number of carbonyl (C=O) groups is 1. The Morgan fingerprint density at radius 2 is 1.83 bits per heavy atom. The van der Waals surface area contributed by atoms with E-state index in [2.05, 4.69) is 4.98 Å². The molecular formula is C23H18FNO4. The maximum Gasteiger partial charge on any atom is 0.307 e. The molecule has 1 aromatic heterocycles. The first-order chi connectivity index (χ1) is 14.0. The molecule has 0 bridgehead atoms. The summed E-state index contributed by atoms with van der Waals surface area (Å²) in [5.41, 5.74) is 2.41. The normalized spacial score (nSPS) is 10.8. The van der Waals surface area contributed by atoms with E-state index >= 15 is 0 Å². The van der Waals surface area contributed by atoms with E-state index in [1.807, 2.05) is 36.4 Å². The lowest BCUT2D eigenvalue weighted by molar-refractivity contribution is -0.136. The number of aromatic amines is 1. The van der Waals surface area contributed by atoms with Gasteiger partial charge in [0.15, 0.2) is 11.6 Å². The first-order valence-corrected chi connectivity index (χ1v) is 8.98. The van der Waals surface area contributed by atoms with Crippen molar-refractivity contribution in [3.05, 3.63) is 78.1 Å². The average molecular weight is 391 g/mol. The molecule has 0 amide bonds. The van der Waals surface area contributed by atoms with Crippen LogP contribution in [0.3, 0.4) is 0 Å². The number of rotatable bonds is 6. The zero-order valence-electron chi connectivity index (χ0n) is 15.6. The molecule has 146 valence electrons. The Labute approximate surface area is 166 Å². The lowest BCUT2D eigenvalue weighted by Crippen LogP contribution is -2.01. The van der Waals surface area contributed by atoms with Gasteiger partial charge in [-0.1, -0.05) is 18.2 Å². The Kier molecular flexibility index (Phi) is 4.91. The fourth-order valence-corrected chi connectivity index (χ4v) is 3.32. The first kappa shape index (κ1) is 18.6. The van der Waals surface area contributed by atoms with Crippen LogP contribution in [0.4, 0.5) is 4.39 Å². The molecule has 29 heavy (non-hydrogen) atoms. The van der Waals surface area contributed by atoms with Crippen LogP contribution in [-0.2, 0) is 11.2 Å². The van der Waals surface area contributed by atoms with Gasteiger partial charge in [0.25, 0.3) is 0 Å². The number of hydrogen-bond donors (Lipinski definition) is 2. The molecule has 0 saturated carbocycles. The summed E-state index contributed by atoms with van der Waals surface area (Å²) in [5, 5.41) is 10.1. The summed E-state index contributed by atoms with van der Waals surface area (Å²) in [4.78, 5) is 14.7. The van der Waals surface area contributed by atoms with Gasteiger partial charge < -0.3 is 19.6 Å². The van der Waals surface area contributed by atoms with Gasteiger partial charge in [-0.15, -0.1) is 0 Å². The van der Waals surface area contributed by atoms with Crippen LogP contribution < -0.4 is 9.47 Å². The van der Waals surface area contributed by atoms with Gasteiger partial charge in [-0.2, -0.15) is 0 Å². The number of methoxy groups -OCH3 is 1. The maximum atomic E-state index is 14.2. The smallest absolute Gasteiger partial charge is 0.307 e. The number of aliphatic carboxylic acids is 1. The molecule has 6 heteroatoms. The van der Waals surface area contributed by atoms with E-state index in [0.717, 1.165) is 5.52 Å². The first-order valence-electron chi connectivity index (χ1n) is 8.98. The van der Waals surface area contributed by atoms with Crippen LogP contribution in [-0.4, -0.2) is 23.2 Å². The molecule has 0 aliphatic carbocycles. The molecule has 0 aliphatic heterocycles. The number of benzene rings is 3. The monoisotopic (exact) mass is 391 g/mol. The highest BCUT2D eigenvalue weighted by Gasteiger charge is 2.18. The van der Waals surface area contributed by atoms with Crippen molar-refractivity contribution in [3.63, 3.8) is 0 Å². The van der Waals surface area contributed by atoms with E-state index in [1.54, 1.807) is 18.2 Å². The number of halogens is 1. The second-order valence-electron chi connectivity index (χ2n) is 6.52. The van der Waals surface area contributed by atoms with Crippen LogP contribution in [0, 0.1) is 5.82 Å². The van der Waals surface area contributed by atoms with E-state index in [1.165, 1.54) is 19.2 Å². The predicted octanol–water partition coefficient (Wildman–Crippen LogP) is 5.40. The van der Waals surface area contributed by atoms with Crippen LogP contribution in [0.25, 0.3) is 22.2 Å². The maximum absolute atomic E-state index is 14.2. The largest absolute Gasteiger partial charge is 0.494 e. The molecule has 0 unspecified atom stereocenters. The Morgan fingerprint density at radius 3 is 2.52 bits per heavy atom. The number of carboxylic acid groups (broad SMARTS) is 1. The number of H-pyrrole nitrogens is 1. The van der Waals surface area contributed by atoms with Gasteiger partial charge in [-0.3, -0.25) is 4.79 Å². The SMILES string of the molecule is COc1ccc(-c2[nH]c3ccc(Oc4ccccc4)cc3c2CC(=O)O)cc1F. The van der Waals surface area contributed by atoms with E-state index in [9.17, 15) is 14.3 Å². The molecule has 0 radical (unpaired) electrons. The minimum atomic E-state index is -0.976. The molecule has 0 spiro atoms. The molecule has 4 rings (SSSR count). The molecule has 0 fully saturated rings. The molecule has 4 aromatic rings. The van der Waals surface area contributed by atoms with E-state index in [0.29, 0.717) is 33.7 Å². The summed E-state index contributed by atoms with van der Waals surface area (Å²) in [6.45, 7) is 0. The Hall–Kier alpha value is -3.80. The third-order valence-corrected chi connectivity index (χ3v) is 4.62. The van der Waals surface area contributed by atoms with Crippen molar-refractivity contribution < 1.29 is 23.8 Å². The van der Waals surface area contributed by atoms with Crippen LogP contribution >= 0.6 is 0 Å². The Bertz CT molecular complexity index is 1180. The minimum Gasteiger partial charge on any atom is -0.494 e. The highest BCUT2D eigenvalue weighted by molar-refractivity contribution is 5.94. The van der Waals surface area contributed by atoms with Crippen molar-refractivity contribution in [1.82, 2.24) is 4.98 Å². The summed E-state index contributed by atoms with van der Waals surface area (Å²) >= 11 is 0. The summed E-state index contributed by atoms with van der Waals surface area (Å²) in [6, 6.07) is 19.3. The van der Waals surface area contributed by atoms with Gasteiger partial charge in [-0.05, 0) is 54.1 Å². The van der Waals surface area contributed by atoms with Gasteiger partial charge in [0.1, 0.15) is 11.5 Å². The van der Waals surface area contributed by atoms with Crippen molar-refractivity contribution in [3.8, 4) is 28.5 Å². The average Bonchev–Trinajstić information content (AvgIpc) is 3.06. The Balaban J connectivity index is 1.82. The highest BCUT2D eigenvalue weighted by Crippen LogP contribution is 2.35. The third-order valence-electron chi connectivity index (χ3n) is 4.62. The molecule has 2 N–H and O–H groups in total. The minimum absolute atomic E-state index is 0.128. The van der Waals surface area contributed by atoms with Crippen LogP contribution in [0.2, 0.25) is 0 Å². The molecule has 0 aliphatic rings. The molecule has 1 heterocycles. The van der Waals surface area contributed by atoms with Gasteiger partial charge in [0.2, 0.25) is 0 Å². The summed E-state index contributed by atoms with van der Waals surface area (Å²) < 4.78 is 25.1. The van der Waals surface area contributed by atoms with E-state index < -0.39 is 11.8 Å². The van der Waals surface area contributed by atoms with Gasteiger partial charge in [0, 0.05) is 16.5 Å². The molecule has 0 atom stereocenters. The predicted molar refractivity (Wildman–Crippen MR) is 108 cm³/mol. The third kappa shape index (κ3) is 3.78. The molecular weight excluding hydrogens is 373 g/mol. The van der Waals surface area contributed by atoms with Gasteiger partial charge in [-0.25, -0.2) is 4.39 Å². The number of aromatic nitrogens is 1. The number of para-hydroxylation sites is 1. The number of nitrogens with one attached hydrogen (secondary N) is 1. The molecule has 3 aromatic carbocycles. The lowest BCUT2D eigenvalue weighted by Gasteiger charge is -2.07. The zero-order chi connectivity index (χ0) is 20.4. The second kappa shape index (κ2) is 7.67. The van der Waals surface area contributed by atoms with Crippen molar-refractivity contribution >= 4 is 16.9 Å². The van der Waals surface area contributed by atoms with E-state index in [4.69, 9.17) is 9.47 Å². The standard InChI is InChI=1S/C23H18FNO4/c1-28-21-10-7-14(11-19(21)24)23-18(13-22(26)27)17-12-16(8-9-20(17)25-23)29-15-5-3-2-4-6-15/h2-12,25H,13H2,1H3,(H,26,27). The van der Waals surface area contributed by atoms with Crippen LogP contribution in [0.5, 0.6) is 17.2 Å². The number of fused-ring (bicyclic) bond motifs is 1. The fraction of sp³-hybridized carbons (Fsp3) is 0.0870. The number of carboxylic acids is 1. The van der Waals surface area contributed by atoms with Crippen molar-refractivity contribution in [1.29, 1.82) is 0 Å². The topological polar surface area (TPSA) is 71.5 Å². The van der Waals surface area contributed by atoms with Gasteiger partial charge in [0.05, 0.1) is 19.2 Å². The van der Waals surface area contributed by atoms with E-state index in [-0.39, 0.29) is 12.2 Å². The number of ether oxygens (including phenoxy) is 2. The fourth-order valence-electron chi connectivity index (χ4n) is 3.32. The quantitative estimate of drug-likeness (QED) is 0.461. The summed E-state index contributed by atoms with van der Waals surface area (Å²) in [5.74, 6) is -0.0989. The van der Waals surface area contributed by atoms with Crippen LogP contribution in [0.1, 0.15) is 5.56 Å². The molecule has 5 nitrogen and oxygen atoms in total. The highest BCUT2D eigenvalue weighted by atomic mass is 19.1. The summed E-state index contributed by atoms with van der Waals surface area (Å²) in [7, 11) is 1.39. The summed E-state index contributed by atoms with van der Waals surface area (Å²) in [6.07, 6.45) is -0.211. The molecule has 0 saturated heterocycles. The van der Waals surface area contributed by atoms with Crippen molar-refractivity contribution in [2.75, 3.05) is 7.11 Å². The van der Waals surface area contributed by atoms with Gasteiger partial charge >= 0.3 is 5.97 Å². The second-order valence-corrected chi connectivity index (χ2v) is 6.52. The van der Waals surface area contributed by atoms with Crippen molar-refractivity contribution in [2.24, 2.45) is 0 Å². The van der Waals surface area contributed by atoms with Crippen LogP contribution in [0.15, 0.2) is 66.7 Å². The zero-order valence-corrected chi connectivity index (χ0v) is 15.6. The Morgan fingerprint density at radius 1 is 1.03 bits per heavy atom.